The maximum atomic E-state index is 11.7. The lowest BCUT2D eigenvalue weighted by atomic mass is 10.0. The second-order valence-corrected chi connectivity index (χ2v) is 9.41. The van der Waals surface area contributed by atoms with Crippen molar-refractivity contribution >= 4 is 28.6 Å². The van der Waals surface area contributed by atoms with E-state index in [2.05, 4.69) is 10.5 Å². The standard InChI is InChI=1S/C28H28N2O6S/c1-18(20-6-8-21(9-7-20)24-13-12-23(33-2)17-25(24)34-3)30-36-15-14-35-22-10-4-19(5-11-22)16-26-27(31)29-28(32)37-26/h4-13,17,26H,14-16H2,1-3H3,(H,29,31,32)/b30-18-. The Morgan fingerprint density at radius 3 is 2.30 bits per heavy atom. The first-order chi connectivity index (χ1) is 18.0. The number of carbonyl (C=O) groups excluding carboxylic acids is 2. The molecule has 1 N–H and O–H groups in total. The van der Waals surface area contributed by atoms with Gasteiger partial charge in [0.1, 0.15) is 23.9 Å². The molecule has 9 heteroatoms. The summed E-state index contributed by atoms with van der Waals surface area (Å²) in [5.41, 5.74) is 4.66. The van der Waals surface area contributed by atoms with Gasteiger partial charge in [-0.1, -0.05) is 53.3 Å². The van der Waals surface area contributed by atoms with Crippen molar-refractivity contribution in [3.8, 4) is 28.4 Å². The normalized spacial score (nSPS) is 15.3. The molecule has 1 fully saturated rings. The lowest BCUT2D eigenvalue weighted by molar-refractivity contribution is -0.118. The van der Waals surface area contributed by atoms with Gasteiger partial charge in [-0.25, -0.2) is 0 Å². The van der Waals surface area contributed by atoms with Crippen LogP contribution in [0.5, 0.6) is 17.2 Å². The lowest BCUT2D eigenvalue weighted by Gasteiger charge is -2.11. The van der Waals surface area contributed by atoms with Crippen molar-refractivity contribution < 1.29 is 28.6 Å². The second-order valence-electron chi connectivity index (χ2n) is 8.23. The molecule has 0 radical (unpaired) electrons. The molecule has 0 spiro atoms. The van der Waals surface area contributed by atoms with Crippen molar-refractivity contribution in [1.82, 2.24) is 5.32 Å². The zero-order valence-electron chi connectivity index (χ0n) is 20.9. The molecule has 2 amide bonds. The molecule has 1 atom stereocenters. The fourth-order valence-corrected chi connectivity index (χ4v) is 4.64. The van der Waals surface area contributed by atoms with E-state index in [9.17, 15) is 9.59 Å². The van der Waals surface area contributed by atoms with Crippen LogP contribution in [0.15, 0.2) is 71.9 Å². The van der Waals surface area contributed by atoms with E-state index in [1.165, 1.54) is 0 Å². The Kier molecular flexibility index (Phi) is 8.68. The van der Waals surface area contributed by atoms with Crippen LogP contribution in [0.2, 0.25) is 0 Å². The fourth-order valence-electron chi connectivity index (χ4n) is 3.78. The number of hydrogen-bond donors (Lipinski definition) is 1. The first-order valence-electron chi connectivity index (χ1n) is 11.7. The predicted molar refractivity (Wildman–Crippen MR) is 144 cm³/mol. The van der Waals surface area contributed by atoms with Gasteiger partial charge in [0.05, 0.1) is 25.2 Å². The predicted octanol–water partition coefficient (Wildman–Crippen LogP) is 5.08. The Bertz CT molecular complexity index is 1270. The molecule has 1 unspecified atom stereocenters. The summed E-state index contributed by atoms with van der Waals surface area (Å²) in [6, 6.07) is 21.2. The van der Waals surface area contributed by atoms with Crippen LogP contribution in [0.4, 0.5) is 4.79 Å². The van der Waals surface area contributed by atoms with Gasteiger partial charge in [-0.05, 0) is 54.3 Å². The van der Waals surface area contributed by atoms with Gasteiger partial charge in [-0.2, -0.15) is 0 Å². The molecule has 8 nitrogen and oxygen atoms in total. The average molecular weight is 521 g/mol. The molecule has 0 saturated carbocycles. The van der Waals surface area contributed by atoms with Crippen LogP contribution in [-0.4, -0.2) is 49.5 Å². The Hall–Kier alpha value is -3.98. The van der Waals surface area contributed by atoms with E-state index in [0.29, 0.717) is 25.4 Å². The number of carbonyl (C=O) groups is 2. The van der Waals surface area contributed by atoms with Crippen LogP contribution >= 0.6 is 11.8 Å². The number of methoxy groups -OCH3 is 2. The highest BCUT2D eigenvalue weighted by Crippen LogP contribution is 2.33. The van der Waals surface area contributed by atoms with Gasteiger partial charge in [-0.3, -0.25) is 14.9 Å². The number of nitrogens with one attached hydrogen (secondary N) is 1. The van der Waals surface area contributed by atoms with Crippen LogP contribution in [0, 0.1) is 0 Å². The second kappa shape index (κ2) is 12.3. The van der Waals surface area contributed by atoms with Gasteiger partial charge < -0.3 is 19.0 Å². The Morgan fingerprint density at radius 2 is 1.65 bits per heavy atom. The SMILES string of the molecule is COc1ccc(-c2ccc(/C(C)=N\OCCOc3ccc(CC4SC(=O)NC4=O)cc3)cc2)c(OC)c1. The van der Waals surface area contributed by atoms with Gasteiger partial charge in [0, 0.05) is 11.6 Å². The number of rotatable bonds is 11. The van der Waals surface area contributed by atoms with Gasteiger partial charge in [0.25, 0.3) is 5.24 Å². The van der Waals surface area contributed by atoms with Gasteiger partial charge >= 0.3 is 0 Å². The fraction of sp³-hybridized carbons (Fsp3) is 0.250. The molecule has 3 aromatic carbocycles. The van der Waals surface area contributed by atoms with E-state index in [1.54, 1.807) is 14.2 Å². The zero-order valence-corrected chi connectivity index (χ0v) is 21.7. The van der Waals surface area contributed by atoms with Crippen molar-refractivity contribution in [1.29, 1.82) is 0 Å². The average Bonchev–Trinajstić information content (AvgIpc) is 3.24. The summed E-state index contributed by atoms with van der Waals surface area (Å²) in [6.07, 6.45) is 0.494. The van der Waals surface area contributed by atoms with Gasteiger partial charge in [-0.15, -0.1) is 0 Å². The molecule has 192 valence electrons. The number of benzene rings is 3. The third kappa shape index (κ3) is 6.83. The van der Waals surface area contributed by atoms with Crippen LogP contribution in [0.3, 0.4) is 0 Å². The summed E-state index contributed by atoms with van der Waals surface area (Å²) in [5, 5.41) is 5.83. The highest BCUT2D eigenvalue weighted by Gasteiger charge is 2.31. The Balaban J connectivity index is 1.24. The number of amides is 2. The van der Waals surface area contributed by atoms with E-state index >= 15 is 0 Å². The van der Waals surface area contributed by atoms with Crippen LogP contribution in [-0.2, 0) is 16.1 Å². The number of nitrogens with zero attached hydrogens (tertiary/aromatic N) is 1. The van der Waals surface area contributed by atoms with Gasteiger partial charge in [0.2, 0.25) is 5.91 Å². The van der Waals surface area contributed by atoms with Crippen LogP contribution < -0.4 is 19.5 Å². The molecule has 4 rings (SSSR count). The van der Waals surface area contributed by atoms with E-state index in [4.69, 9.17) is 19.0 Å². The maximum absolute atomic E-state index is 11.7. The highest BCUT2D eigenvalue weighted by atomic mass is 32.2. The molecular formula is C28H28N2O6S. The number of ether oxygens (including phenoxy) is 3. The molecule has 1 heterocycles. The minimum absolute atomic E-state index is 0.239. The Labute approximate surface area is 219 Å². The zero-order chi connectivity index (χ0) is 26.2. The topological polar surface area (TPSA) is 95.5 Å². The smallest absolute Gasteiger partial charge is 0.286 e. The van der Waals surface area contributed by atoms with Crippen molar-refractivity contribution in [2.45, 2.75) is 18.6 Å². The summed E-state index contributed by atoms with van der Waals surface area (Å²) in [6.45, 7) is 2.52. The van der Waals surface area contributed by atoms with Crippen molar-refractivity contribution in [2.24, 2.45) is 5.16 Å². The molecule has 3 aromatic rings. The third-order valence-corrected chi connectivity index (χ3v) is 6.76. The van der Waals surface area contributed by atoms with E-state index in [-0.39, 0.29) is 16.4 Å². The first-order valence-corrected chi connectivity index (χ1v) is 12.6. The first kappa shape index (κ1) is 26.1. The minimum Gasteiger partial charge on any atom is -0.497 e. The monoisotopic (exact) mass is 520 g/mol. The molecule has 37 heavy (non-hydrogen) atoms. The largest absolute Gasteiger partial charge is 0.497 e. The molecule has 0 aliphatic carbocycles. The van der Waals surface area contributed by atoms with Crippen molar-refractivity contribution in [2.75, 3.05) is 27.4 Å². The molecule has 0 bridgehead atoms. The molecule has 1 saturated heterocycles. The van der Waals surface area contributed by atoms with Crippen LogP contribution in [0.1, 0.15) is 18.1 Å². The minimum atomic E-state index is -0.379. The molecular weight excluding hydrogens is 492 g/mol. The molecule has 1 aliphatic rings. The van der Waals surface area contributed by atoms with E-state index in [0.717, 1.165) is 51.2 Å². The van der Waals surface area contributed by atoms with Crippen molar-refractivity contribution in [3.05, 3.63) is 77.9 Å². The van der Waals surface area contributed by atoms with Crippen molar-refractivity contribution in [3.63, 3.8) is 0 Å². The maximum Gasteiger partial charge on any atom is 0.286 e. The van der Waals surface area contributed by atoms with E-state index in [1.807, 2.05) is 73.7 Å². The highest BCUT2D eigenvalue weighted by molar-refractivity contribution is 8.15. The summed E-state index contributed by atoms with van der Waals surface area (Å²) in [5.74, 6) is 1.94. The number of oxime groups is 1. The Morgan fingerprint density at radius 1 is 0.919 bits per heavy atom. The number of hydrogen-bond acceptors (Lipinski definition) is 8. The van der Waals surface area contributed by atoms with E-state index < -0.39 is 0 Å². The van der Waals surface area contributed by atoms with Crippen LogP contribution in [0.25, 0.3) is 11.1 Å². The summed E-state index contributed by atoms with van der Waals surface area (Å²) < 4.78 is 16.5. The van der Waals surface area contributed by atoms with Gasteiger partial charge in [0.15, 0.2) is 6.61 Å². The molecule has 1 aliphatic heterocycles. The summed E-state index contributed by atoms with van der Waals surface area (Å²) in [4.78, 5) is 28.4. The third-order valence-electron chi connectivity index (χ3n) is 5.78. The number of thioether (sulfide) groups is 1. The number of imide groups is 1. The summed E-state index contributed by atoms with van der Waals surface area (Å²) in [7, 11) is 3.27. The lowest BCUT2D eigenvalue weighted by Crippen LogP contribution is -2.25. The quantitative estimate of drug-likeness (QED) is 0.214. The molecule has 0 aromatic heterocycles. The summed E-state index contributed by atoms with van der Waals surface area (Å²) >= 11 is 1.03.